The van der Waals surface area contributed by atoms with E-state index in [0.29, 0.717) is 11.7 Å². The van der Waals surface area contributed by atoms with Gasteiger partial charge in [-0.2, -0.15) is 0 Å². The van der Waals surface area contributed by atoms with Crippen LogP contribution in [0.4, 0.5) is 0 Å². The van der Waals surface area contributed by atoms with Gasteiger partial charge in [-0.25, -0.2) is 0 Å². The van der Waals surface area contributed by atoms with Crippen LogP contribution in [0.2, 0.25) is 0 Å². The number of hydrogen-bond acceptors (Lipinski definition) is 5. The number of nitrogens with two attached hydrogens (primary N) is 1. The van der Waals surface area contributed by atoms with E-state index >= 15 is 0 Å². The number of aryl methyl sites for hydroxylation is 3. The molecule has 0 spiro atoms. The molecule has 1 aromatic rings. The van der Waals surface area contributed by atoms with E-state index in [1.807, 2.05) is 27.7 Å². The third kappa shape index (κ3) is 19.9. The number of rotatable bonds is 12. The van der Waals surface area contributed by atoms with Gasteiger partial charge < -0.3 is 15.8 Å². The van der Waals surface area contributed by atoms with Crippen LogP contribution in [0.3, 0.4) is 0 Å². The fourth-order valence-electron chi connectivity index (χ4n) is 3.44. The number of nitrogens with one attached hydrogen (secondary N) is 1. The normalized spacial score (nSPS) is 11.9. The van der Waals surface area contributed by atoms with Crippen molar-refractivity contribution < 1.29 is 9.59 Å². The van der Waals surface area contributed by atoms with Crippen molar-refractivity contribution in [3.63, 3.8) is 0 Å². The van der Waals surface area contributed by atoms with Crippen molar-refractivity contribution in [2.45, 2.75) is 101 Å². The molecule has 0 saturated heterocycles. The van der Waals surface area contributed by atoms with Gasteiger partial charge in [-0.05, 0) is 58.2 Å². The van der Waals surface area contributed by atoms with Crippen molar-refractivity contribution in [1.29, 1.82) is 0 Å². The van der Waals surface area contributed by atoms with Crippen LogP contribution in [0.15, 0.2) is 41.0 Å². The predicted molar refractivity (Wildman–Crippen MR) is 168 cm³/mol. The second-order valence-electron chi connectivity index (χ2n) is 10.3. The first kappa shape index (κ1) is 39.7. The van der Waals surface area contributed by atoms with Crippen molar-refractivity contribution in [3.8, 4) is 0 Å². The highest BCUT2D eigenvalue weighted by molar-refractivity contribution is 8.03. The molecule has 0 saturated carbocycles. The minimum atomic E-state index is -0.341. The summed E-state index contributed by atoms with van der Waals surface area (Å²) in [6.07, 6.45) is 6.40. The van der Waals surface area contributed by atoms with E-state index in [0.717, 1.165) is 29.1 Å². The van der Waals surface area contributed by atoms with Crippen molar-refractivity contribution in [2.24, 2.45) is 17.1 Å². The molecule has 1 aromatic carbocycles. The molecule has 0 aromatic heterocycles. The zero-order valence-corrected chi connectivity index (χ0v) is 26.8. The first-order valence-corrected chi connectivity index (χ1v) is 14.6. The molecular weight excluding hydrogens is 476 g/mol. The molecule has 3 N–H and O–H groups in total. The lowest BCUT2D eigenvalue weighted by atomic mass is 9.92. The predicted octanol–water partition coefficient (Wildman–Crippen LogP) is 8.34. The Hall–Kier alpha value is -1.85. The molecule has 5 heteroatoms. The van der Waals surface area contributed by atoms with E-state index in [9.17, 15) is 4.79 Å². The summed E-state index contributed by atoms with van der Waals surface area (Å²) in [5.74, 6) is 1.25. The largest absolute Gasteiger partial charge is 0.393 e. The molecule has 0 unspecified atom stereocenters. The molecule has 0 bridgehead atoms. The maximum Gasteiger partial charge on any atom is 0.136 e. The highest BCUT2D eigenvalue weighted by Crippen LogP contribution is 2.31. The molecule has 4 nitrogen and oxygen atoms in total. The van der Waals surface area contributed by atoms with Crippen LogP contribution in [0.25, 0.3) is 0 Å². The van der Waals surface area contributed by atoms with Gasteiger partial charge >= 0.3 is 0 Å². The average molecular weight is 535 g/mol. The summed E-state index contributed by atoms with van der Waals surface area (Å²) >= 11 is 1.56. The standard InChI is InChI=1S/C16H30N2OS.C9H12.C6H14.CH2O/c1-8-14(12(3)11(2)9-18-7)15(17)20-10-16(5,6)13(4)19;1-7-4-8(2)6-9(3)5-7;1-3-5-6-4-2;1-2/h11,18H,3,8-10,17H2,1-2,4-7H3;4-6H,1-3H3;3-6H2,1-2H3;1H2/b15-14+;;;/t11-;;;/m1.../s1. The number of unbranched alkanes of at least 4 members (excludes halogenated alkanes) is 3. The Morgan fingerprint density at radius 2 is 1.41 bits per heavy atom. The SMILES string of the molecule is C=C(/C(CC)=C(\N)SCC(C)(C)C(C)=O)[C@H](C)CNC.C=O.CCCCCC.Cc1cc(C)cc(C)c1. The van der Waals surface area contributed by atoms with Gasteiger partial charge in [-0.3, -0.25) is 4.79 Å². The fourth-order valence-corrected chi connectivity index (χ4v) is 4.60. The Balaban J connectivity index is -0.000000554. The van der Waals surface area contributed by atoms with Crippen LogP contribution >= 0.6 is 11.8 Å². The summed E-state index contributed by atoms with van der Waals surface area (Å²) < 4.78 is 0. The van der Waals surface area contributed by atoms with Gasteiger partial charge in [0.2, 0.25) is 0 Å². The van der Waals surface area contributed by atoms with Crippen LogP contribution in [-0.2, 0) is 9.59 Å². The average Bonchev–Trinajstić information content (AvgIpc) is 2.83. The van der Waals surface area contributed by atoms with Gasteiger partial charge in [0.15, 0.2) is 0 Å². The van der Waals surface area contributed by atoms with E-state index in [-0.39, 0.29) is 11.2 Å². The summed E-state index contributed by atoms with van der Waals surface area (Å²) in [6.45, 7) is 27.7. The Labute approximate surface area is 234 Å². The second-order valence-corrected chi connectivity index (χ2v) is 11.3. The monoisotopic (exact) mass is 534 g/mol. The van der Waals surface area contributed by atoms with E-state index in [2.05, 4.69) is 78.6 Å². The number of Topliss-reactive ketones (excluding diaryl/α,β-unsaturated/α-hetero) is 1. The first-order valence-electron chi connectivity index (χ1n) is 13.6. The van der Waals surface area contributed by atoms with Crippen molar-refractivity contribution in [3.05, 3.63) is 57.6 Å². The summed E-state index contributed by atoms with van der Waals surface area (Å²) in [6, 6.07) is 6.56. The minimum absolute atomic E-state index is 0.193. The van der Waals surface area contributed by atoms with E-state index in [1.54, 1.807) is 18.7 Å². The van der Waals surface area contributed by atoms with Gasteiger partial charge in [-0.15, -0.1) is 11.8 Å². The topological polar surface area (TPSA) is 72.2 Å². The van der Waals surface area contributed by atoms with Crippen LogP contribution < -0.4 is 11.1 Å². The molecule has 0 aliphatic rings. The number of hydrogen-bond donors (Lipinski definition) is 2. The van der Waals surface area contributed by atoms with Crippen LogP contribution in [0.5, 0.6) is 0 Å². The van der Waals surface area contributed by atoms with Crippen molar-refractivity contribution in [2.75, 3.05) is 19.3 Å². The Morgan fingerprint density at radius 3 is 1.70 bits per heavy atom. The fraction of sp³-hybridized carbons (Fsp3) is 0.625. The summed E-state index contributed by atoms with van der Waals surface area (Å²) in [5, 5.41) is 3.96. The number of allylic oxidation sites excluding steroid dienone is 1. The number of benzene rings is 1. The van der Waals surface area contributed by atoms with Gasteiger partial charge in [0, 0.05) is 17.7 Å². The van der Waals surface area contributed by atoms with Crippen LogP contribution in [0.1, 0.15) is 97.3 Å². The van der Waals surface area contributed by atoms with Crippen LogP contribution in [0, 0.1) is 32.1 Å². The van der Waals surface area contributed by atoms with E-state index < -0.39 is 0 Å². The zero-order valence-electron chi connectivity index (χ0n) is 26.0. The molecule has 1 atom stereocenters. The molecule has 214 valence electrons. The lowest BCUT2D eigenvalue weighted by Crippen LogP contribution is -2.25. The molecule has 37 heavy (non-hydrogen) atoms. The highest BCUT2D eigenvalue weighted by atomic mass is 32.2. The molecule has 0 aliphatic heterocycles. The van der Waals surface area contributed by atoms with E-state index in [1.165, 1.54) is 42.4 Å². The summed E-state index contributed by atoms with van der Waals surface area (Å²) in [7, 11) is 1.94. The van der Waals surface area contributed by atoms with E-state index in [4.69, 9.17) is 10.5 Å². The maximum absolute atomic E-state index is 11.5. The number of carbonyl (C=O) groups is 2. The third-order valence-electron chi connectivity index (χ3n) is 6.01. The Morgan fingerprint density at radius 1 is 1.00 bits per heavy atom. The summed E-state index contributed by atoms with van der Waals surface area (Å²) in [5.41, 5.74) is 12.2. The Kier molecular flexibility index (Phi) is 25.0. The summed E-state index contributed by atoms with van der Waals surface area (Å²) in [4.78, 5) is 19.5. The zero-order chi connectivity index (χ0) is 29.6. The van der Waals surface area contributed by atoms with Crippen molar-refractivity contribution in [1.82, 2.24) is 5.32 Å². The minimum Gasteiger partial charge on any atom is -0.393 e. The molecule has 0 heterocycles. The third-order valence-corrected chi connectivity index (χ3v) is 7.43. The molecule has 0 amide bonds. The lowest BCUT2D eigenvalue weighted by molar-refractivity contribution is -0.123. The van der Waals surface area contributed by atoms with Gasteiger partial charge in [0.1, 0.15) is 12.6 Å². The maximum atomic E-state index is 11.5. The number of carbonyl (C=O) groups excluding carboxylic acids is 2. The molecule has 0 radical (unpaired) electrons. The first-order chi connectivity index (χ1) is 17.3. The van der Waals surface area contributed by atoms with Gasteiger partial charge in [-0.1, -0.05) is 109 Å². The molecule has 0 fully saturated rings. The molecular formula is C32H58N2O2S. The lowest BCUT2D eigenvalue weighted by Gasteiger charge is -2.23. The molecule has 1 rings (SSSR count). The second kappa shape index (κ2) is 23.3. The quantitative estimate of drug-likeness (QED) is 0.208. The van der Waals surface area contributed by atoms with Gasteiger partial charge in [0.25, 0.3) is 0 Å². The number of ketones is 1. The smallest absolute Gasteiger partial charge is 0.136 e. The Bertz CT molecular complexity index is 746. The van der Waals surface area contributed by atoms with Crippen LogP contribution in [-0.4, -0.2) is 31.9 Å². The van der Waals surface area contributed by atoms with Crippen molar-refractivity contribution >= 4 is 24.3 Å². The van der Waals surface area contributed by atoms with Gasteiger partial charge in [0.05, 0.1) is 5.03 Å². The highest BCUT2D eigenvalue weighted by Gasteiger charge is 2.24. The number of thioether (sulfide) groups is 1. The molecule has 0 aliphatic carbocycles.